The van der Waals surface area contributed by atoms with Gasteiger partial charge in [0.15, 0.2) is 0 Å². The zero-order valence-electron chi connectivity index (χ0n) is 14.6. The minimum atomic E-state index is 0.0683. The number of hydrogen-bond acceptors (Lipinski definition) is 5. The summed E-state index contributed by atoms with van der Waals surface area (Å²) in [5.74, 6) is 0. The highest BCUT2D eigenvalue weighted by atomic mass is 32.1. The van der Waals surface area contributed by atoms with E-state index in [1.807, 2.05) is 24.3 Å². The van der Waals surface area contributed by atoms with Crippen molar-refractivity contribution < 1.29 is 0 Å². The van der Waals surface area contributed by atoms with Gasteiger partial charge in [-0.05, 0) is 25.7 Å². The smallest absolute Gasteiger partial charge is 0.271 e. The molecule has 4 rings (SSSR count). The molecule has 0 bridgehead atoms. The molecular weight excluding hydrogens is 332 g/mol. The first-order valence-corrected chi connectivity index (χ1v) is 9.36. The molecule has 1 aromatic carbocycles. The van der Waals surface area contributed by atoms with Crippen molar-refractivity contribution in [3.8, 4) is 10.4 Å². The number of thiophene rings is 1. The van der Waals surface area contributed by atoms with Crippen molar-refractivity contribution in [3.05, 3.63) is 53.1 Å². The van der Waals surface area contributed by atoms with Gasteiger partial charge in [0.1, 0.15) is 4.70 Å². The highest BCUT2D eigenvalue weighted by molar-refractivity contribution is 7.22. The normalized spacial score (nSPS) is 19.5. The van der Waals surface area contributed by atoms with Crippen LogP contribution < -0.4 is 5.56 Å². The summed E-state index contributed by atoms with van der Waals surface area (Å²) in [7, 11) is 4.27. The van der Waals surface area contributed by atoms with E-state index >= 15 is 0 Å². The number of piperazine rings is 1. The lowest BCUT2D eigenvalue weighted by Gasteiger charge is -2.37. The number of rotatable bonds is 3. The molecule has 1 aliphatic heterocycles. The minimum Gasteiger partial charge on any atom is -0.303 e. The van der Waals surface area contributed by atoms with Crippen molar-refractivity contribution in [3.63, 3.8) is 0 Å². The molecule has 0 amide bonds. The Hall–Kier alpha value is -2.02. The first kappa shape index (κ1) is 16.4. The Kier molecular flexibility index (Phi) is 4.41. The topological polar surface area (TPSA) is 41.4 Å². The molecule has 2 aromatic heterocycles. The van der Waals surface area contributed by atoms with Gasteiger partial charge in [-0.2, -0.15) is 0 Å². The van der Waals surface area contributed by atoms with Crippen LogP contribution in [0.25, 0.3) is 20.7 Å². The second-order valence-electron chi connectivity index (χ2n) is 6.79. The molecule has 0 aliphatic carbocycles. The van der Waals surface area contributed by atoms with Crippen molar-refractivity contribution in [2.24, 2.45) is 0 Å². The Morgan fingerprint density at radius 3 is 2.80 bits per heavy atom. The number of likely N-dealkylation sites (N-methyl/N-ethyl adjacent to an activating group) is 2. The van der Waals surface area contributed by atoms with E-state index in [0.717, 1.165) is 40.3 Å². The van der Waals surface area contributed by atoms with Crippen LogP contribution in [-0.2, 0) is 6.54 Å². The summed E-state index contributed by atoms with van der Waals surface area (Å²) >= 11 is 1.53. The third kappa shape index (κ3) is 3.25. The van der Waals surface area contributed by atoms with Crippen LogP contribution in [0, 0.1) is 0 Å². The van der Waals surface area contributed by atoms with Gasteiger partial charge in [-0.25, -0.2) is 4.98 Å². The van der Waals surface area contributed by atoms with Gasteiger partial charge in [-0.1, -0.05) is 30.3 Å². The lowest BCUT2D eigenvalue weighted by atomic mass is 10.2. The molecule has 0 N–H and O–H groups in total. The molecule has 1 fully saturated rings. The predicted molar refractivity (Wildman–Crippen MR) is 103 cm³/mol. The average molecular weight is 354 g/mol. The molecule has 5 nitrogen and oxygen atoms in total. The standard InChI is InChI=1S/C19H22N4OS/c1-21-8-9-22(2)15(11-21)12-23-13-20-16-10-17(25-18(16)19(23)24)14-6-4-3-5-7-14/h3-7,10,13,15H,8-9,11-12H2,1-2H3. The van der Waals surface area contributed by atoms with Gasteiger partial charge in [-0.3, -0.25) is 14.3 Å². The van der Waals surface area contributed by atoms with Crippen LogP contribution in [0.4, 0.5) is 0 Å². The molecular formula is C19H22N4OS. The van der Waals surface area contributed by atoms with E-state index < -0.39 is 0 Å². The second-order valence-corrected chi connectivity index (χ2v) is 7.84. The van der Waals surface area contributed by atoms with E-state index in [9.17, 15) is 4.79 Å². The third-order valence-corrected chi connectivity index (χ3v) is 6.11. The summed E-state index contributed by atoms with van der Waals surface area (Å²) in [6, 6.07) is 12.5. The number of benzene rings is 1. The van der Waals surface area contributed by atoms with E-state index in [0.29, 0.717) is 12.6 Å². The summed E-state index contributed by atoms with van der Waals surface area (Å²) < 4.78 is 2.52. The molecule has 25 heavy (non-hydrogen) atoms. The quantitative estimate of drug-likeness (QED) is 0.724. The summed E-state index contributed by atoms with van der Waals surface area (Å²) in [5.41, 5.74) is 1.99. The highest BCUT2D eigenvalue weighted by Gasteiger charge is 2.23. The molecule has 1 atom stereocenters. The zero-order chi connectivity index (χ0) is 17.4. The summed E-state index contributed by atoms with van der Waals surface area (Å²) in [5, 5.41) is 0. The fourth-order valence-corrected chi connectivity index (χ4v) is 4.41. The number of aromatic nitrogens is 2. The molecule has 0 radical (unpaired) electrons. The summed E-state index contributed by atoms with van der Waals surface area (Å²) in [6.45, 7) is 3.76. The van der Waals surface area contributed by atoms with E-state index in [1.165, 1.54) is 11.3 Å². The maximum absolute atomic E-state index is 12.9. The minimum absolute atomic E-state index is 0.0683. The fraction of sp³-hybridized carbons (Fsp3) is 0.368. The Labute approximate surface area is 151 Å². The fourth-order valence-electron chi connectivity index (χ4n) is 3.35. The number of nitrogens with zero attached hydrogens (tertiary/aromatic N) is 4. The molecule has 130 valence electrons. The van der Waals surface area contributed by atoms with Crippen molar-refractivity contribution in [1.82, 2.24) is 19.4 Å². The van der Waals surface area contributed by atoms with Gasteiger partial charge in [0, 0.05) is 37.1 Å². The second kappa shape index (κ2) is 6.71. The van der Waals surface area contributed by atoms with Crippen LogP contribution >= 0.6 is 11.3 Å². The van der Waals surface area contributed by atoms with Gasteiger partial charge in [0.05, 0.1) is 11.8 Å². The maximum atomic E-state index is 12.9. The van der Waals surface area contributed by atoms with Crippen LogP contribution in [0.3, 0.4) is 0 Å². The molecule has 3 heterocycles. The maximum Gasteiger partial charge on any atom is 0.271 e. The first-order valence-electron chi connectivity index (χ1n) is 8.55. The monoisotopic (exact) mass is 354 g/mol. The summed E-state index contributed by atoms with van der Waals surface area (Å²) in [6.07, 6.45) is 1.70. The van der Waals surface area contributed by atoms with Crippen molar-refractivity contribution in [1.29, 1.82) is 0 Å². The predicted octanol–water partition coefficient (Wildman–Crippen LogP) is 2.37. The van der Waals surface area contributed by atoms with Crippen molar-refractivity contribution >= 4 is 21.6 Å². The largest absolute Gasteiger partial charge is 0.303 e. The molecule has 0 saturated carbocycles. The molecule has 0 spiro atoms. The van der Waals surface area contributed by atoms with Crippen LogP contribution in [0.15, 0.2) is 47.5 Å². The van der Waals surface area contributed by atoms with Gasteiger partial charge < -0.3 is 4.90 Å². The van der Waals surface area contributed by atoms with Gasteiger partial charge in [-0.15, -0.1) is 11.3 Å². The van der Waals surface area contributed by atoms with E-state index in [-0.39, 0.29) is 5.56 Å². The molecule has 3 aromatic rings. The summed E-state index contributed by atoms with van der Waals surface area (Å²) in [4.78, 5) is 23.2. The number of fused-ring (bicyclic) bond motifs is 1. The molecule has 1 unspecified atom stereocenters. The average Bonchev–Trinajstić information content (AvgIpc) is 3.06. The number of hydrogen-bond donors (Lipinski definition) is 0. The Bertz CT molecular complexity index is 933. The zero-order valence-corrected chi connectivity index (χ0v) is 15.4. The third-order valence-electron chi connectivity index (χ3n) is 4.95. The molecule has 6 heteroatoms. The van der Waals surface area contributed by atoms with Crippen LogP contribution in [-0.4, -0.2) is 59.1 Å². The molecule has 1 saturated heterocycles. The Balaban J connectivity index is 1.67. The van der Waals surface area contributed by atoms with E-state index in [1.54, 1.807) is 10.9 Å². The highest BCUT2D eigenvalue weighted by Crippen LogP contribution is 2.30. The lowest BCUT2D eigenvalue weighted by molar-refractivity contribution is 0.102. The lowest BCUT2D eigenvalue weighted by Crippen LogP contribution is -2.52. The van der Waals surface area contributed by atoms with E-state index in [2.05, 4.69) is 41.0 Å². The van der Waals surface area contributed by atoms with Gasteiger partial charge >= 0.3 is 0 Å². The van der Waals surface area contributed by atoms with Gasteiger partial charge in [0.25, 0.3) is 5.56 Å². The van der Waals surface area contributed by atoms with Crippen LogP contribution in [0.2, 0.25) is 0 Å². The molecule has 1 aliphatic rings. The SMILES string of the molecule is CN1CCN(C)C(Cn2cnc3cc(-c4ccccc4)sc3c2=O)C1. The Morgan fingerprint density at radius 1 is 1.20 bits per heavy atom. The first-order chi connectivity index (χ1) is 12.1. The van der Waals surface area contributed by atoms with Crippen molar-refractivity contribution in [2.75, 3.05) is 33.7 Å². The van der Waals surface area contributed by atoms with Gasteiger partial charge in [0.2, 0.25) is 0 Å². The van der Waals surface area contributed by atoms with Crippen molar-refractivity contribution in [2.45, 2.75) is 12.6 Å². The van der Waals surface area contributed by atoms with Crippen LogP contribution in [0.5, 0.6) is 0 Å². The van der Waals surface area contributed by atoms with E-state index in [4.69, 9.17) is 0 Å². The van der Waals surface area contributed by atoms with Crippen LogP contribution in [0.1, 0.15) is 0 Å². The Morgan fingerprint density at radius 2 is 2.00 bits per heavy atom.